The molecule has 0 radical (unpaired) electrons. The third-order valence-corrected chi connectivity index (χ3v) is 8.77. The number of hydrogen-bond donors (Lipinski definition) is 1. The maximum absolute atomic E-state index is 10.5. The van der Waals surface area contributed by atoms with Crippen molar-refractivity contribution >= 4 is 5.97 Å². The Morgan fingerprint density at radius 1 is 0.410 bits per heavy atom. The molecule has 0 aliphatic carbocycles. The Bertz CT molecular complexity index is 490. The van der Waals surface area contributed by atoms with Gasteiger partial charge in [-0.25, -0.2) is 0 Å². The summed E-state index contributed by atoms with van der Waals surface area (Å²) in [7, 11) is 4.88. The monoisotopic (exact) mass is 553 g/mol. The third-order valence-electron chi connectivity index (χ3n) is 8.77. The molecular formula is C36H74NO2+. The number of aliphatic carboxylic acids is 1. The van der Waals surface area contributed by atoms with E-state index in [0.717, 1.165) is 12.8 Å². The highest BCUT2D eigenvalue weighted by Crippen LogP contribution is 2.16. The van der Waals surface area contributed by atoms with Crippen molar-refractivity contribution < 1.29 is 14.4 Å². The third kappa shape index (κ3) is 33.5. The summed E-state index contributed by atoms with van der Waals surface area (Å²) in [6, 6.07) is 0. The number of nitrogens with zero attached hydrogens (tertiary/aromatic N) is 1. The Kier molecular flexibility index (Phi) is 29.9. The number of carbonyl (C=O) groups is 1. The van der Waals surface area contributed by atoms with E-state index in [0.29, 0.717) is 6.42 Å². The van der Waals surface area contributed by atoms with E-state index < -0.39 is 5.97 Å². The first kappa shape index (κ1) is 38.4. The molecule has 0 aromatic heterocycles. The standard InChI is InChI=1S/C36H73NO2/c1-4-5-6-7-8-9-10-11-12-13-16-19-22-25-28-31-34-37(2,3)35-32-29-26-23-20-17-14-15-18-21-24-27-30-33-36(38)39/h4-35H2,1-3H3/p+1. The van der Waals surface area contributed by atoms with Gasteiger partial charge in [-0.1, -0.05) is 161 Å². The minimum atomic E-state index is -0.650. The first-order valence-electron chi connectivity index (χ1n) is 18.0. The van der Waals surface area contributed by atoms with Crippen LogP contribution in [0.5, 0.6) is 0 Å². The van der Waals surface area contributed by atoms with Gasteiger partial charge in [0, 0.05) is 6.42 Å². The van der Waals surface area contributed by atoms with Crippen LogP contribution < -0.4 is 0 Å². The largest absolute Gasteiger partial charge is 0.481 e. The summed E-state index contributed by atoms with van der Waals surface area (Å²) in [5.74, 6) is -0.650. The molecule has 0 bridgehead atoms. The number of carboxylic acid groups (broad SMARTS) is 1. The van der Waals surface area contributed by atoms with Crippen molar-refractivity contribution in [3.8, 4) is 0 Å². The fourth-order valence-electron chi connectivity index (χ4n) is 5.96. The first-order chi connectivity index (χ1) is 19.0. The van der Waals surface area contributed by atoms with Crippen molar-refractivity contribution in [1.82, 2.24) is 0 Å². The second kappa shape index (κ2) is 30.4. The molecule has 0 aromatic carbocycles. The number of quaternary nitrogens is 1. The Labute approximate surface area is 246 Å². The van der Waals surface area contributed by atoms with Crippen molar-refractivity contribution in [2.24, 2.45) is 0 Å². The molecule has 0 fully saturated rings. The van der Waals surface area contributed by atoms with E-state index >= 15 is 0 Å². The molecule has 234 valence electrons. The smallest absolute Gasteiger partial charge is 0.303 e. The summed E-state index contributed by atoms with van der Waals surface area (Å²) in [5, 5.41) is 8.65. The normalized spacial score (nSPS) is 11.9. The summed E-state index contributed by atoms with van der Waals surface area (Å²) in [4.78, 5) is 10.5. The Hall–Kier alpha value is -0.570. The highest BCUT2D eigenvalue weighted by molar-refractivity contribution is 5.66. The molecule has 0 spiro atoms. The van der Waals surface area contributed by atoms with Crippen LogP contribution in [0.3, 0.4) is 0 Å². The van der Waals surface area contributed by atoms with Crippen LogP contribution >= 0.6 is 0 Å². The van der Waals surface area contributed by atoms with Crippen LogP contribution in [0.1, 0.15) is 200 Å². The molecule has 3 nitrogen and oxygen atoms in total. The van der Waals surface area contributed by atoms with Crippen molar-refractivity contribution in [1.29, 1.82) is 0 Å². The lowest BCUT2D eigenvalue weighted by molar-refractivity contribution is -0.890. The molecule has 0 aliphatic heterocycles. The van der Waals surface area contributed by atoms with Gasteiger partial charge in [-0.3, -0.25) is 4.79 Å². The molecule has 0 heterocycles. The summed E-state index contributed by atoms with van der Waals surface area (Å²) in [6.07, 6.45) is 40.6. The van der Waals surface area contributed by atoms with Crippen molar-refractivity contribution in [3.63, 3.8) is 0 Å². The molecule has 0 saturated heterocycles. The van der Waals surface area contributed by atoms with E-state index in [2.05, 4.69) is 21.0 Å². The fourth-order valence-corrected chi connectivity index (χ4v) is 5.96. The molecule has 39 heavy (non-hydrogen) atoms. The van der Waals surface area contributed by atoms with E-state index in [1.165, 1.54) is 191 Å². The number of hydrogen-bond acceptors (Lipinski definition) is 1. The molecule has 0 aliphatic rings. The lowest BCUT2D eigenvalue weighted by atomic mass is 10.0. The Morgan fingerprint density at radius 2 is 0.641 bits per heavy atom. The zero-order valence-electron chi connectivity index (χ0n) is 27.4. The van der Waals surface area contributed by atoms with Gasteiger partial charge in [0.2, 0.25) is 0 Å². The molecule has 0 amide bonds. The van der Waals surface area contributed by atoms with E-state index in [-0.39, 0.29) is 0 Å². The minimum Gasteiger partial charge on any atom is -0.481 e. The maximum Gasteiger partial charge on any atom is 0.303 e. The van der Waals surface area contributed by atoms with Crippen LogP contribution in [0.4, 0.5) is 0 Å². The molecule has 0 saturated carbocycles. The minimum absolute atomic E-state index is 0.343. The van der Waals surface area contributed by atoms with Crippen molar-refractivity contribution in [3.05, 3.63) is 0 Å². The zero-order chi connectivity index (χ0) is 28.7. The summed E-state index contributed by atoms with van der Waals surface area (Å²) in [6.45, 7) is 5.01. The van der Waals surface area contributed by atoms with Gasteiger partial charge in [-0.15, -0.1) is 0 Å². The molecular weight excluding hydrogens is 478 g/mol. The molecule has 1 N–H and O–H groups in total. The molecule has 0 unspecified atom stereocenters. The van der Waals surface area contributed by atoms with Gasteiger partial charge in [0.05, 0.1) is 27.2 Å². The van der Waals surface area contributed by atoms with Crippen LogP contribution in [-0.4, -0.2) is 42.7 Å². The van der Waals surface area contributed by atoms with E-state index in [1.807, 2.05) is 0 Å². The Balaban J connectivity index is 3.28. The average Bonchev–Trinajstić information content (AvgIpc) is 2.90. The van der Waals surface area contributed by atoms with E-state index in [9.17, 15) is 4.79 Å². The number of unbranched alkanes of at least 4 members (excludes halogenated alkanes) is 27. The highest BCUT2D eigenvalue weighted by Gasteiger charge is 2.13. The van der Waals surface area contributed by atoms with Gasteiger partial charge in [-0.2, -0.15) is 0 Å². The molecule has 0 rings (SSSR count). The predicted octanol–water partition coefficient (Wildman–Crippen LogP) is 11.9. The predicted molar refractivity (Wildman–Crippen MR) is 174 cm³/mol. The van der Waals surface area contributed by atoms with Crippen LogP contribution in [0, 0.1) is 0 Å². The second-order valence-electron chi connectivity index (χ2n) is 13.4. The molecule has 0 aromatic rings. The van der Waals surface area contributed by atoms with Gasteiger partial charge >= 0.3 is 5.97 Å². The number of rotatable bonds is 33. The van der Waals surface area contributed by atoms with Crippen molar-refractivity contribution in [2.75, 3.05) is 27.2 Å². The van der Waals surface area contributed by atoms with Crippen molar-refractivity contribution in [2.45, 2.75) is 200 Å². The van der Waals surface area contributed by atoms with Crippen LogP contribution in [-0.2, 0) is 4.79 Å². The Morgan fingerprint density at radius 3 is 0.897 bits per heavy atom. The van der Waals surface area contributed by atoms with Crippen LogP contribution in [0.25, 0.3) is 0 Å². The summed E-state index contributed by atoms with van der Waals surface area (Å²) < 4.78 is 1.22. The average molecular weight is 553 g/mol. The zero-order valence-corrected chi connectivity index (χ0v) is 27.4. The fraction of sp³-hybridized carbons (Fsp3) is 0.972. The topological polar surface area (TPSA) is 37.3 Å². The first-order valence-corrected chi connectivity index (χ1v) is 18.0. The van der Waals surface area contributed by atoms with Gasteiger partial charge in [-0.05, 0) is 32.1 Å². The lowest BCUT2D eigenvalue weighted by Gasteiger charge is -2.30. The highest BCUT2D eigenvalue weighted by atomic mass is 16.4. The van der Waals surface area contributed by atoms with Crippen LogP contribution in [0.15, 0.2) is 0 Å². The van der Waals surface area contributed by atoms with E-state index in [1.54, 1.807) is 0 Å². The van der Waals surface area contributed by atoms with E-state index in [4.69, 9.17) is 5.11 Å². The van der Waals surface area contributed by atoms with Gasteiger partial charge in [0.25, 0.3) is 0 Å². The quantitative estimate of drug-likeness (QED) is 0.0649. The summed E-state index contributed by atoms with van der Waals surface area (Å²) in [5.41, 5.74) is 0. The maximum atomic E-state index is 10.5. The molecule has 0 atom stereocenters. The van der Waals surface area contributed by atoms with Gasteiger partial charge in [0.15, 0.2) is 0 Å². The lowest BCUT2D eigenvalue weighted by Crippen LogP contribution is -2.41. The number of carboxylic acids is 1. The van der Waals surface area contributed by atoms with Gasteiger partial charge in [0.1, 0.15) is 0 Å². The SMILES string of the molecule is CCCCCCCCCCCCCCCCCC[N+](C)(C)CCCCCCCCCCCCCCCC(=O)O. The van der Waals surface area contributed by atoms with Crippen LogP contribution in [0.2, 0.25) is 0 Å². The van der Waals surface area contributed by atoms with Gasteiger partial charge < -0.3 is 9.59 Å². The summed E-state index contributed by atoms with van der Waals surface area (Å²) >= 11 is 0. The second-order valence-corrected chi connectivity index (χ2v) is 13.4. The molecule has 3 heteroatoms.